The van der Waals surface area contributed by atoms with Gasteiger partial charge in [-0.05, 0) is 18.6 Å². The number of nitrogens with two attached hydrogens (primary N) is 2. The summed E-state index contributed by atoms with van der Waals surface area (Å²) < 4.78 is 37.6. The summed E-state index contributed by atoms with van der Waals surface area (Å²) in [5.74, 6) is 0. The van der Waals surface area contributed by atoms with E-state index in [0.717, 1.165) is 25.0 Å². The Labute approximate surface area is 98.0 Å². The standard InChI is InChI=1S/C11H16F3N3/c1-2-3-4-17-9-6-7(11(12,13)14)5-8(15)10(9)16/h5-6,17H,2-4,15-16H2,1H3. The van der Waals surface area contributed by atoms with Gasteiger partial charge in [0, 0.05) is 6.54 Å². The first-order valence-electron chi connectivity index (χ1n) is 5.36. The van der Waals surface area contributed by atoms with Crippen molar-refractivity contribution in [3.05, 3.63) is 17.7 Å². The normalized spacial score (nSPS) is 11.5. The summed E-state index contributed by atoms with van der Waals surface area (Å²) in [6.07, 6.45) is -2.61. The summed E-state index contributed by atoms with van der Waals surface area (Å²) >= 11 is 0. The number of anilines is 3. The fraction of sp³-hybridized carbons (Fsp3) is 0.455. The van der Waals surface area contributed by atoms with Crippen molar-refractivity contribution in [3.63, 3.8) is 0 Å². The third-order valence-corrected chi connectivity index (χ3v) is 2.39. The zero-order valence-electron chi connectivity index (χ0n) is 9.56. The van der Waals surface area contributed by atoms with Gasteiger partial charge in [0.15, 0.2) is 0 Å². The minimum Gasteiger partial charge on any atom is -0.397 e. The largest absolute Gasteiger partial charge is 0.416 e. The Bertz CT molecular complexity index is 388. The lowest BCUT2D eigenvalue weighted by atomic mass is 10.1. The molecule has 3 nitrogen and oxygen atoms in total. The van der Waals surface area contributed by atoms with E-state index in [2.05, 4.69) is 5.32 Å². The summed E-state index contributed by atoms with van der Waals surface area (Å²) in [6.45, 7) is 2.56. The lowest BCUT2D eigenvalue weighted by molar-refractivity contribution is -0.137. The van der Waals surface area contributed by atoms with Crippen LogP contribution in [-0.4, -0.2) is 6.54 Å². The van der Waals surface area contributed by atoms with Crippen LogP contribution < -0.4 is 16.8 Å². The maximum Gasteiger partial charge on any atom is 0.416 e. The van der Waals surface area contributed by atoms with E-state index in [1.165, 1.54) is 0 Å². The molecule has 0 bridgehead atoms. The van der Waals surface area contributed by atoms with Crippen LogP contribution in [0.15, 0.2) is 12.1 Å². The maximum absolute atomic E-state index is 12.5. The molecule has 1 aromatic carbocycles. The molecule has 0 atom stereocenters. The average molecular weight is 247 g/mol. The second kappa shape index (κ2) is 5.16. The second-order valence-electron chi connectivity index (χ2n) is 3.80. The minimum atomic E-state index is -4.41. The van der Waals surface area contributed by atoms with E-state index in [1.54, 1.807) is 0 Å². The highest BCUT2D eigenvalue weighted by Gasteiger charge is 2.31. The van der Waals surface area contributed by atoms with E-state index < -0.39 is 11.7 Å². The molecule has 0 unspecified atom stereocenters. The first-order valence-corrected chi connectivity index (χ1v) is 5.36. The maximum atomic E-state index is 12.5. The second-order valence-corrected chi connectivity index (χ2v) is 3.80. The van der Waals surface area contributed by atoms with Crippen LogP contribution in [0.2, 0.25) is 0 Å². The molecule has 0 fully saturated rings. The number of hydrogen-bond donors (Lipinski definition) is 3. The van der Waals surface area contributed by atoms with Gasteiger partial charge in [0.1, 0.15) is 0 Å². The first kappa shape index (κ1) is 13.5. The van der Waals surface area contributed by atoms with Gasteiger partial charge in [-0.15, -0.1) is 0 Å². The van der Waals surface area contributed by atoms with E-state index in [4.69, 9.17) is 11.5 Å². The molecule has 6 heteroatoms. The van der Waals surface area contributed by atoms with Gasteiger partial charge >= 0.3 is 6.18 Å². The summed E-state index contributed by atoms with van der Waals surface area (Å²) in [5, 5.41) is 2.86. The van der Waals surface area contributed by atoms with Crippen LogP contribution >= 0.6 is 0 Å². The van der Waals surface area contributed by atoms with Crippen LogP contribution in [0.3, 0.4) is 0 Å². The Morgan fingerprint density at radius 2 is 1.88 bits per heavy atom. The lowest BCUT2D eigenvalue weighted by Crippen LogP contribution is -2.11. The molecule has 0 radical (unpaired) electrons. The van der Waals surface area contributed by atoms with Crippen LogP contribution in [-0.2, 0) is 6.18 Å². The van der Waals surface area contributed by atoms with Crippen LogP contribution in [0, 0.1) is 0 Å². The molecule has 0 amide bonds. The van der Waals surface area contributed by atoms with Crippen molar-refractivity contribution < 1.29 is 13.2 Å². The number of halogens is 3. The zero-order chi connectivity index (χ0) is 13.1. The summed E-state index contributed by atoms with van der Waals surface area (Å²) in [5.41, 5.74) is 10.6. The van der Waals surface area contributed by atoms with Crippen molar-refractivity contribution >= 4 is 17.1 Å². The van der Waals surface area contributed by atoms with Gasteiger partial charge in [-0.2, -0.15) is 13.2 Å². The van der Waals surface area contributed by atoms with E-state index in [9.17, 15) is 13.2 Å². The molecule has 0 saturated heterocycles. The van der Waals surface area contributed by atoms with Crippen molar-refractivity contribution in [1.82, 2.24) is 0 Å². The van der Waals surface area contributed by atoms with Gasteiger partial charge in [-0.1, -0.05) is 13.3 Å². The number of alkyl halides is 3. The van der Waals surface area contributed by atoms with Crippen molar-refractivity contribution in [1.29, 1.82) is 0 Å². The fourth-order valence-corrected chi connectivity index (χ4v) is 1.39. The molecule has 0 heterocycles. The van der Waals surface area contributed by atoms with E-state index in [1.807, 2.05) is 6.92 Å². The van der Waals surface area contributed by atoms with Crippen LogP contribution in [0.5, 0.6) is 0 Å². The zero-order valence-corrected chi connectivity index (χ0v) is 9.56. The van der Waals surface area contributed by atoms with Crippen LogP contribution in [0.4, 0.5) is 30.2 Å². The van der Waals surface area contributed by atoms with Gasteiger partial charge in [0.05, 0.1) is 22.6 Å². The highest BCUT2D eigenvalue weighted by molar-refractivity contribution is 5.80. The number of rotatable bonds is 4. The van der Waals surface area contributed by atoms with Crippen molar-refractivity contribution in [2.45, 2.75) is 25.9 Å². The number of unbranched alkanes of at least 4 members (excludes halogenated alkanes) is 1. The van der Waals surface area contributed by atoms with Gasteiger partial charge in [-0.3, -0.25) is 0 Å². The van der Waals surface area contributed by atoms with Crippen LogP contribution in [0.1, 0.15) is 25.3 Å². The van der Waals surface area contributed by atoms with E-state index in [-0.39, 0.29) is 17.1 Å². The number of hydrogen-bond acceptors (Lipinski definition) is 3. The van der Waals surface area contributed by atoms with Gasteiger partial charge < -0.3 is 16.8 Å². The Balaban J connectivity index is 2.99. The molecule has 1 aromatic rings. The van der Waals surface area contributed by atoms with Crippen molar-refractivity contribution in [2.24, 2.45) is 0 Å². The molecule has 17 heavy (non-hydrogen) atoms. The topological polar surface area (TPSA) is 64.1 Å². The average Bonchev–Trinajstić information content (AvgIpc) is 2.22. The summed E-state index contributed by atoms with van der Waals surface area (Å²) in [6, 6.07) is 1.84. The minimum absolute atomic E-state index is 0.0566. The molecule has 1 rings (SSSR count). The van der Waals surface area contributed by atoms with Crippen LogP contribution in [0.25, 0.3) is 0 Å². The quantitative estimate of drug-likeness (QED) is 0.566. The van der Waals surface area contributed by atoms with E-state index in [0.29, 0.717) is 6.54 Å². The highest BCUT2D eigenvalue weighted by atomic mass is 19.4. The predicted octanol–water partition coefficient (Wildman–Crippen LogP) is 3.08. The molecule has 0 aliphatic heterocycles. The highest BCUT2D eigenvalue weighted by Crippen LogP contribution is 2.36. The van der Waals surface area contributed by atoms with E-state index >= 15 is 0 Å². The third-order valence-electron chi connectivity index (χ3n) is 2.39. The molecule has 0 spiro atoms. The Hall–Kier alpha value is -1.59. The summed E-state index contributed by atoms with van der Waals surface area (Å²) in [4.78, 5) is 0. The molecule has 0 saturated carbocycles. The number of nitrogens with one attached hydrogen (secondary N) is 1. The fourth-order valence-electron chi connectivity index (χ4n) is 1.39. The molecular weight excluding hydrogens is 231 g/mol. The molecule has 0 aliphatic carbocycles. The van der Waals surface area contributed by atoms with Gasteiger partial charge in [0.2, 0.25) is 0 Å². The molecule has 0 aliphatic rings. The number of nitrogen functional groups attached to an aromatic ring is 2. The Kier molecular flexibility index (Phi) is 4.09. The number of benzene rings is 1. The molecule has 5 N–H and O–H groups in total. The SMILES string of the molecule is CCCCNc1cc(C(F)(F)F)cc(N)c1N. The third kappa shape index (κ3) is 3.44. The first-order chi connectivity index (χ1) is 7.86. The van der Waals surface area contributed by atoms with Gasteiger partial charge in [-0.25, -0.2) is 0 Å². The van der Waals surface area contributed by atoms with Crippen molar-refractivity contribution in [3.8, 4) is 0 Å². The van der Waals surface area contributed by atoms with Gasteiger partial charge in [0.25, 0.3) is 0 Å². The smallest absolute Gasteiger partial charge is 0.397 e. The predicted molar refractivity (Wildman–Crippen MR) is 63.7 cm³/mol. The molecular formula is C11H16F3N3. The monoisotopic (exact) mass is 247 g/mol. The van der Waals surface area contributed by atoms with Crippen molar-refractivity contribution in [2.75, 3.05) is 23.3 Å². The lowest BCUT2D eigenvalue weighted by Gasteiger charge is -2.15. The molecule has 96 valence electrons. The Morgan fingerprint density at radius 3 is 2.41 bits per heavy atom. The summed E-state index contributed by atoms with van der Waals surface area (Å²) in [7, 11) is 0. The molecule has 0 aromatic heterocycles. The Morgan fingerprint density at radius 1 is 1.24 bits per heavy atom.